The van der Waals surface area contributed by atoms with Crippen LogP contribution in [0.25, 0.3) is 0 Å². The summed E-state index contributed by atoms with van der Waals surface area (Å²) in [4.78, 5) is 0. The Hall–Kier alpha value is -0.860. The van der Waals surface area contributed by atoms with Crippen LogP contribution in [-0.2, 0) is 0 Å². The van der Waals surface area contributed by atoms with E-state index in [4.69, 9.17) is 5.11 Å². The fourth-order valence-corrected chi connectivity index (χ4v) is 2.04. The highest BCUT2D eigenvalue weighted by molar-refractivity contribution is 5.18. The molecule has 0 aliphatic carbocycles. The molecule has 0 aliphatic rings. The van der Waals surface area contributed by atoms with Crippen LogP contribution in [0.1, 0.15) is 38.7 Å². The molecule has 1 aromatic rings. The van der Waals surface area contributed by atoms with Crippen molar-refractivity contribution in [3.8, 4) is 0 Å². The van der Waals surface area contributed by atoms with Crippen molar-refractivity contribution in [3.63, 3.8) is 0 Å². The molecule has 0 aliphatic heterocycles. The van der Waals surface area contributed by atoms with E-state index in [1.54, 1.807) is 0 Å². The molecule has 2 atom stereocenters. The Labute approximate surface area is 105 Å². The van der Waals surface area contributed by atoms with Crippen LogP contribution in [0.2, 0.25) is 0 Å². The van der Waals surface area contributed by atoms with Gasteiger partial charge >= 0.3 is 0 Å². The first-order valence-electron chi connectivity index (χ1n) is 6.54. The topological polar surface area (TPSA) is 32.3 Å². The Balaban J connectivity index is 2.43. The molecular formula is C15H25NO. The Morgan fingerprint density at radius 2 is 1.76 bits per heavy atom. The number of rotatable bonds is 7. The van der Waals surface area contributed by atoms with Gasteiger partial charge in [0, 0.05) is 19.2 Å². The molecule has 2 unspecified atom stereocenters. The van der Waals surface area contributed by atoms with Gasteiger partial charge in [0.15, 0.2) is 0 Å². The molecule has 0 heterocycles. The van der Waals surface area contributed by atoms with Crippen molar-refractivity contribution in [2.45, 2.75) is 39.2 Å². The first-order chi connectivity index (χ1) is 8.15. The van der Waals surface area contributed by atoms with E-state index in [9.17, 15) is 0 Å². The zero-order valence-corrected chi connectivity index (χ0v) is 11.2. The third kappa shape index (κ3) is 4.88. The average molecular weight is 235 g/mol. The normalized spacial score (nSPS) is 14.9. The summed E-state index contributed by atoms with van der Waals surface area (Å²) >= 11 is 0. The summed E-state index contributed by atoms with van der Waals surface area (Å²) in [5.41, 5.74) is 1.37. The second-order valence-electron chi connectivity index (χ2n) is 5.08. The first-order valence-corrected chi connectivity index (χ1v) is 6.54. The maximum absolute atomic E-state index is 9.03. The Bertz CT molecular complexity index is 297. The largest absolute Gasteiger partial charge is 0.396 e. The minimum atomic E-state index is 0.259. The number of hydrogen-bond donors (Lipinski definition) is 2. The number of benzene rings is 1. The van der Waals surface area contributed by atoms with Gasteiger partial charge in [0.1, 0.15) is 0 Å². The van der Waals surface area contributed by atoms with E-state index in [1.165, 1.54) is 5.56 Å². The molecule has 0 saturated heterocycles. The summed E-state index contributed by atoms with van der Waals surface area (Å²) in [5, 5.41) is 12.6. The molecule has 1 aromatic carbocycles. The predicted octanol–water partition coefficient (Wildman–Crippen LogP) is 2.79. The van der Waals surface area contributed by atoms with Crippen LogP contribution in [0, 0.1) is 5.92 Å². The highest BCUT2D eigenvalue weighted by Crippen LogP contribution is 2.14. The van der Waals surface area contributed by atoms with Crippen molar-refractivity contribution in [2.24, 2.45) is 5.92 Å². The van der Waals surface area contributed by atoms with Crippen LogP contribution in [-0.4, -0.2) is 24.3 Å². The van der Waals surface area contributed by atoms with Gasteiger partial charge in [-0.15, -0.1) is 0 Å². The van der Waals surface area contributed by atoms with E-state index in [2.05, 4.69) is 50.4 Å². The molecule has 2 N–H and O–H groups in total. The first kappa shape index (κ1) is 14.2. The van der Waals surface area contributed by atoms with Crippen molar-refractivity contribution < 1.29 is 5.11 Å². The number of hydrogen-bond acceptors (Lipinski definition) is 2. The highest BCUT2D eigenvalue weighted by Gasteiger charge is 2.13. The summed E-state index contributed by atoms with van der Waals surface area (Å²) < 4.78 is 0. The summed E-state index contributed by atoms with van der Waals surface area (Å²) in [6.45, 7) is 7.85. The van der Waals surface area contributed by atoms with E-state index < -0.39 is 0 Å². The lowest BCUT2D eigenvalue weighted by Gasteiger charge is -2.24. The predicted molar refractivity (Wildman–Crippen MR) is 73.2 cm³/mol. The van der Waals surface area contributed by atoms with Gasteiger partial charge in [-0.1, -0.05) is 51.1 Å². The van der Waals surface area contributed by atoms with E-state index >= 15 is 0 Å². The third-order valence-electron chi connectivity index (χ3n) is 3.30. The van der Waals surface area contributed by atoms with Crippen molar-refractivity contribution in [1.29, 1.82) is 0 Å². The zero-order valence-electron chi connectivity index (χ0n) is 11.2. The highest BCUT2D eigenvalue weighted by atomic mass is 16.3. The molecule has 0 aromatic heterocycles. The molecular weight excluding hydrogens is 210 g/mol. The monoisotopic (exact) mass is 235 g/mol. The quantitative estimate of drug-likeness (QED) is 0.761. The van der Waals surface area contributed by atoms with E-state index in [-0.39, 0.29) is 6.61 Å². The van der Waals surface area contributed by atoms with Gasteiger partial charge in [-0.25, -0.2) is 0 Å². The molecule has 0 radical (unpaired) electrons. The van der Waals surface area contributed by atoms with Gasteiger partial charge in [-0.05, 0) is 23.8 Å². The molecule has 1 rings (SSSR count). The lowest BCUT2D eigenvalue weighted by atomic mass is 9.98. The van der Waals surface area contributed by atoms with Crippen LogP contribution < -0.4 is 5.32 Å². The molecule has 2 nitrogen and oxygen atoms in total. The minimum Gasteiger partial charge on any atom is -0.396 e. The van der Waals surface area contributed by atoms with Crippen LogP contribution in [0.5, 0.6) is 0 Å². The molecule has 96 valence electrons. The summed E-state index contributed by atoms with van der Waals surface area (Å²) in [7, 11) is 0. The van der Waals surface area contributed by atoms with Crippen molar-refractivity contribution >= 4 is 0 Å². The van der Waals surface area contributed by atoms with Crippen LogP contribution in [0.3, 0.4) is 0 Å². The van der Waals surface area contributed by atoms with Gasteiger partial charge in [-0.2, -0.15) is 0 Å². The minimum absolute atomic E-state index is 0.259. The van der Waals surface area contributed by atoms with Gasteiger partial charge in [0.2, 0.25) is 0 Å². The Morgan fingerprint density at radius 3 is 2.29 bits per heavy atom. The third-order valence-corrected chi connectivity index (χ3v) is 3.30. The summed E-state index contributed by atoms with van der Waals surface area (Å²) in [5.74, 6) is 1.07. The van der Waals surface area contributed by atoms with E-state index in [0.29, 0.717) is 17.9 Å². The zero-order chi connectivity index (χ0) is 12.7. The van der Waals surface area contributed by atoms with Crippen molar-refractivity contribution in [1.82, 2.24) is 5.32 Å². The standard InChI is InChI=1S/C15H25NO/c1-12(2)15(9-10-17)16-11-13(3)14-7-5-4-6-8-14/h4-8,12-13,15-17H,9-11H2,1-3H3. The number of aliphatic hydroxyl groups excluding tert-OH is 1. The maximum Gasteiger partial charge on any atom is 0.0445 e. The van der Waals surface area contributed by atoms with E-state index in [0.717, 1.165) is 13.0 Å². The molecule has 0 amide bonds. The molecule has 0 bridgehead atoms. The molecule has 0 spiro atoms. The van der Waals surface area contributed by atoms with E-state index in [1.807, 2.05) is 6.07 Å². The molecule has 2 heteroatoms. The number of aliphatic hydroxyl groups is 1. The second-order valence-corrected chi connectivity index (χ2v) is 5.08. The van der Waals surface area contributed by atoms with Crippen LogP contribution >= 0.6 is 0 Å². The van der Waals surface area contributed by atoms with Gasteiger partial charge in [0.25, 0.3) is 0 Å². The summed E-state index contributed by atoms with van der Waals surface area (Å²) in [6.07, 6.45) is 0.833. The van der Waals surface area contributed by atoms with Crippen LogP contribution in [0.15, 0.2) is 30.3 Å². The molecule has 0 fully saturated rings. The fourth-order valence-electron chi connectivity index (χ4n) is 2.04. The smallest absolute Gasteiger partial charge is 0.0445 e. The number of nitrogens with one attached hydrogen (secondary N) is 1. The lowest BCUT2D eigenvalue weighted by Crippen LogP contribution is -2.36. The lowest BCUT2D eigenvalue weighted by molar-refractivity contribution is 0.243. The Morgan fingerprint density at radius 1 is 1.12 bits per heavy atom. The molecule has 17 heavy (non-hydrogen) atoms. The Kier molecular flexibility index (Phi) is 6.23. The second kappa shape index (κ2) is 7.46. The SMILES string of the molecule is CC(CNC(CCO)C(C)C)c1ccccc1. The van der Waals surface area contributed by atoms with Crippen molar-refractivity contribution in [2.75, 3.05) is 13.2 Å². The van der Waals surface area contributed by atoms with Crippen LogP contribution in [0.4, 0.5) is 0 Å². The van der Waals surface area contributed by atoms with Gasteiger partial charge in [0.05, 0.1) is 0 Å². The van der Waals surface area contributed by atoms with Gasteiger partial charge in [-0.3, -0.25) is 0 Å². The average Bonchev–Trinajstić information content (AvgIpc) is 2.34. The van der Waals surface area contributed by atoms with Crippen molar-refractivity contribution in [3.05, 3.63) is 35.9 Å². The van der Waals surface area contributed by atoms with Gasteiger partial charge < -0.3 is 10.4 Å². The molecule has 0 saturated carbocycles. The fraction of sp³-hybridized carbons (Fsp3) is 0.600. The maximum atomic E-state index is 9.03. The summed E-state index contributed by atoms with van der Waals surface area (Å²) in [6, 6.07) is 11.0.